The zero-order valence-electron chi connectivity index (χ0n) is 15.4. The molecule has 1 amide bonds. The predicted octanol–water partition coefficient (Wildman–Crippen LogP) is 2.74. The van der Waals surface area contributed by atoms with Gasteiger partial charge in [-0.05, 0) is 26.0 Å². The number of hydrogen-bond donors (Lipinski definition) is 0. The standard InChI is InChI=1S/C19H22N4O4/c1-14(2)27-18-8-4-7-17(20-18)19(24)22-11-9-21(10-12-22)15-5-3-6-16(13-15)23(25)26/h3-8,13-14H,9-12H2,1-2H3. The Morgan fingerprint density at radius 2 is 1.85 bits per heavy atom. The van der Waals surface area contributed by atoms with Gasteiger partial charge in [-0.1, -0.05) is 12.1 Å². The highest BCUT2D eigenvalue weighted by Crippen LogP contribution is 2.22. The molecule has 0 saturated carbocycles. The third-order valence-corrected chi connectivity index (χ3v) is 4.27. The van der Waals surface area contributed by atoms with Crippen LogP contribution in [-0.2, 0) is 0 Å². The highest BCUT2D eigenvalue weighted by Gasteiger charge is 2.24. The van der Waals surface area contributed by atoms with Gasteiger partial charge in [0, 0.05) is 50.1 Å². The quantitative estimate of drug-likeness (QED) is 0.594. The number of piperazine rings is 1. The molecule has 1 saturated heterocycles. The van der Waals surface area contributed by atoms with Crippen molar-refractivity contribution in [3.8, 4) is 5.88 Å². The van der Waals surface area contributed by atoms with Crippen LogP contribution in [0.1, 0.15) is 24.3 Å². The van der Waals surface area contributed by atoms with E-state index in [1.807, 2.05) is 24.8 Å². The van der Waals surface area contributed by atoms with E-state index in [-0.39, 0.29) is 17.7 Å². The van der Waals surface area contributed by atoms with Gasteiger partial charge in [0.05, 0.1) is 11.0 Å². The molecule has 2 aromatic rings. The fraction of sp³-hybridized carbons (Fsp3) is 0.368. The Kier molecular flexibility index (Phi) is 5.54. The molecule has 0 atom stereocenters. The van der Waals surface area contributed by atoms with Crippen LogP contribution in [0.5, 0.6) is 5.88 Å². The van der Waals surface area contributed by atoms with E-state index in [1.54, 1.807) is 35.2 Å². The summed E-state index contributed by atoms with van der Waals surface area (Å²) in [6.07, 6.45) is -0.0127. The van der Waals surface area contributed by atoms with Crippen LogP contribution in [0.2, 0.25) is 0 Å². The first kappa shape index (κ1) is 18.6. The van der Waals surface area contributed by atoms with Crippen LogP contribution in [0, 0.1) is 10.1 Å². The van der Waals surface area contributed by atoms with E-state index in [2.05, 4.69) is 4.98 Å². The lowest BCUT2D eigenvalue weighted by atomic mass is 10.2. The zero-order chi connectivity index (χ0) is 19.4. The number of anilines is 1. The van der Waals surface area contributed by atoms with Gasteiger partial charge in [0.25, 0.3) is 11.6 Å². The summed E-state index contributed by atoms with van der Waals surface area (Å²) in [5.41, 5.74) is 1.22. The van der Waals surface area contributed by atoms with Crippen molar-refractivity contribution in [3.05, 3.63) is 58.3 Å². The summed E-state index contributed by atoms with van der Waals surface area (Å²) in [4.78, 5) is 31.4. The molecule has 3 rings (SSSR count). The Balaban J connectivity index is 1.64. The number of benzene rings is 1. The van der Waals surface area contributed by atoms with E-state index < -0.39 is 4.92 Å². The molecule has 1 aromatic carbocycles. The molecule has 1 fully saturated rings. The molecule has 0 N–H and O–H groups in total. The fourth-order valence-corrected chi connectivity index (χ4v) is 2.97. The number of carbonyl (C=O) groups excluding carboxylic acids is 1. The largest absolute Gasteiger partial charge is 0.475 e. The maximum Gasteiger partial charge on any atom is 0.272 e. The van der Waals surface area contributed by atoms with Gasteiger partial charge in [0.2, 0.25) is 5.88 Å². The normalized spacial score (nSPS) is 14.3. The van der Waals surface area contributed by atoms with Gasteiger partial charge in [-0.2, -0.15) is 0 Å². The van der Waals surface area contributed by atoms with E-state index >= 15 is 0 Å². The van der Waals surface area contributed by atoms with Crippen molar-refractivity contribution in [2.75, 3.05) is 31.1 Å². The van der Waals surface area contributed by atoms with Crippen LogP contribution in [0.4, 0.5) is 11.4 Å². The van der Waals surface area contributed by atoms with Gasteiger partial charge in [-0.3, -0.25) is 14.9 Å². The molecule has 0 unspecified atom stereocenters. The molecule has 8 heteroatoms. The molecule has 0 aliphatic carbocycles. The van der Waals surface area contributed by atoms with Crippen molar-refractivity contribution >= 4 is 17.3 Å². The molecule has 0 radical (unpaired) electrons. The molecule has 142 valence electrons. The SMILES string of the molecule is CC(C)Oc1cccc(C(=O)N2CCN(c3cccc([N+](=O)[O-])c3)CC2)n1. The minimum absolute atomic E-state index is 0.0127. The smallest absolute Gasteiger partial charge is 0.272 e. The minimum atomic E-state index is -0.402. The summed E-state index contributed by atoms with van der Waals surface area (Å²) in [6.45, 7) is 6.08. The zero-order valence-corrected chi connectivity index (χ0v) is 15.4. The molecule has 1 aromatic heterocycles. The lowest BCUT2D eigenvalue weighted by molar-refractivity contribution is -0.384. The Morgan fingerprint density at radius 3 is 2.52 bits per heavy atom. The van der Waals surface area contributed by atoms with Crippen LogP contribution >= 0.6 is 0 Å². The van der Waals surface area contributed by atoms with Crippen molar-refractivity contribution in [2.24, 2.45) is 0 Å². The van der Waals surface area contributed by atoms with Gasteiger partial charge < -0.3 is 14.5 Å². The summed E-state index contributed by atoms with van der Waals surface area (Å²) in [6, 6.07) is 11.7. The predicted molar refractivity (Wildman–Crippen MR) is 101 cm³/mol. The van der Waals surface area contributed by atoms with Crippen molar-refractivity contribution in [3.63, 3.8) is 0 Å². The highest BCUT2D eigenvalue weighted by molar-refractivity contribution is 5.92. The summed E-state index contributed by atoms with van der Waals surface area (Å²) in [5, 5.41) is 10.9. The Hall–Kier alpha value is -3.16. The van der Waals surface area contributed by atoms with E-state index in [4.69, 9.17) is 4.74 Å². The van der Waals surface area contributed by atoms with Crippen LogP contribution in [0.25, 0.3) is 0 Å². The second kappa shape index (κ2) is 8.03. The van der Waals surface area contributed by atoms with Crippen molar-refractivity contribution in [1.29, 1.82) is 0 Å². The maximum absolute atomic E-state index is 12.7. The van der Waals surface area contributed by atoms with E-state index in [0.29, 0.717) is 37.8 Å². The monoisotopic (exact) mass is 370 g/mol. The number of nitro benzene ring substituents is 1. The van der Waals surface area contributed by atoms with E-state index in [1.165, 1.54) is 6.07 Å². The Labute approximate surface area is 157 Å². The molecule has 8 nitrogen and oxygen atoms in total. The fourth-order valence-electron chi connectivity index (χ4n) is 2.97. The van der Waals surface area contributed by atoms with E-state index in [9.17, 15) is 14.9 Å². The molecule has 1 aliphatic heterocycles. The van der Waals surface area contributed by atoms with Crippen molar-refractivity contribution in [1.82, 2.24) is 9.88 Å². The summed E-state index contributed by atoms with van der Waals surface area (Å²) < 4.78 is 5.55. The van der Waals surface area contributed by atoms with Crippen LogP contribution in [-0.4, -0.2) is 53.0 Å². The second-order valence-corrected chi connectivity index (χ2v) is 6.58. The Bertz CT molecular complexity index is 832. The van der Waals surface area contributed by atoms with Crippen LogP contribution in [0.3, 0.4) is 0 Å². The summed E-state index contributed by atoms with van der Waals surface area (Å²) in [7, 11) is 0. The average Bonchev–Trinajstić information content (AvgIpc) is 2.67. The molecular weight excluding hydrogens is 348 g/mol. The minimum Gasteiger partial charge on any atom is -0.475 e. The molecule has 0 spiro atoms. The van der Waals surface area contributed by atoms with E-state index in [0.717, 1.165) is 5.69 Å². The Morgan fingerprint density at radius 1 is 1.15 bits per heavy atom. The first-order valence-corrected chi connectivity index (χ1v) is 8.86. The lowest BCUT2D eigenvalue weighted by Gasteiger charge is -2.35. The lowest BCUT2D eigenvalue weighted by Crippen LogP contribution is -2.49. The number of rotatable bonds is 5. The summed E-state index contributed by atoms with van der Waals surface area (Å²) >= 11 is 0. The number of pyridine rings is 1. The molecule has 2 heterocycles. The average molecular weight is 370 g/mol. The van der Waals surface area contributed by atoms with Crippen molar-refractivity contribution < 1.29 is 14.5 Å². The summed E-state index contributed by atoms with van der Waals surface area (Å²) in [5.74, 6) is 0.300. The number of nitro groups is 1. The van der Waals surface area contributed by atoms with Gasteiger partial charge in [-0.15, -0.1) is 0 Å². The number of hydrogen-bond acceptors (Lipinski definition) is 6. The molecule has 0 bridgehead atoms. The number of amides is 1. The van der Waals surface area contributed by atoms with Gasteiger partial charge in [0.15, 0.2) is 0 Å². The third-order valence-electron chi connectivity index (χ3n) is 4.27. The molecule has 27 heavy (non-hydrogen) atoms. The number of carbonyl (C=O) groups is 1. The third kappa shape index (κ3) is 4.52. The van der Waals surface area contributed by atoms with Gasteiger partial charge >= 0.3 is 0 Å². The first-order chi connectivity index (χ1) is 12.9. The van der Waals surface area contributed by atoms with Crippen molar-refractivity contribution in [2.45, 2.75) is 20.0 Å². The second-order valence-electron chi connectivity index (χ2n) is 6.58. The number of aromatic nitrogens is 1. The maximum atomic E-state index is 12.7. The van der Waals surface area contributed by atoms with Crippen LogP contribution in [0.15, 0.2) is 42.5 Å². The van der Waals surface area contributed by atoms with Gasteiger partial charge in [0.1, 0.15) is 5.69 Å². The van der Waals surface area contributed by atoms with Gasteiger partial charge in [-0.25, -0.2) is 4.98 Å². The molecular formula is C19H22N4O4. The highest BCUT2D eigenvalue weighted by atomic mass is 16.6. The number of nitrogens with zero attached hydrogens (tertiary/aromatic N) is 4. The molecule has 1 aliphatic rings. The topological polar surface area (TPSA) is 88.8 Å². The first-order valence-electron chi connectivity index (χ1n) is 8.86. The number of ether oxygens (including phenoxy) is 1. The number of non-ortho nitro benzene ring substituents is 1. The van der Waals surface area contributed by atoms with Crippen LogP contribution < -0.4 is 9.64 Å².